The average molecular weight is 371 g/mol. The highest BCUT2D eigenvalue weighted by Gasteiger charge is 2.17. The maximum absolute atomic E-state index is 12.0. The van der Waals surface area contributed by atoms with Crippen LogP contribution in [0.15, 0.2) is 38.3 Å². The smallest absolute Gasteiger partial charge is 0.331 e. The monoisotopic (exact) mass is 370 g/mol. The molecule has 0 saturated carbocycles. The fourth-order valence-corrected chi connectivity index (χ4v) is 2.50. The van der Waals surface area contributed by atoms with Gasteiger partial charge in [-0.2, -0.15) is 11.8 Å². The van der Waals surface area contributed by atoms with E-state index in [9.17, 15) is 14.7 Å². The molecule has 1 unspecified atom stereocenters. The van der Waals surface area contributed by atoms with Crippen LogP contribution < -0.4 is 11.2 Å². The lowest BCUT2D eigenvalue weighted by Crippen LogP contribution is -2.32. The third-order valence-electron chi connectivity index (χ3n) is 3.15. The summed E-state index contributed by atoms with van der Waals surface area (Å²) in [6.07, 6.45) is 1.92. The quantitative estimate of drug-likeness (QED) is 0.866. The van der Waals surface area contributed by atoms with E-state index in [1.807, 2.05) is 13.2 Å². The lowest BCUT2D eigenvalue weighted by atomic mass is 10.1. The highest BCUT2D eigenvalue weighted by atomic mass is 79.9. The van der Waals surface area contributed by atoms with Gasteiger partial charge in [0.05, 0.1) is 0 Å². The average Bonchev–Trinajstić information content (AvgIpc) is 2.45. The van der Waals surface area contributed by atoms with Crippen LogP contribution in [0.5, 0.6) is 5.88 Å². The van der Waals surface area contributed by atoms with Crippen LogP contribution in [-0.2, 0) is 6.54 Å². The lowest BCUT2D eigenvalue weighted by Gasteiger charge is -2.14. The van der Waals surface area contributed by atoms with Gasteiger partial charge in [0.15, 0.2) is 0 Å². The molecule has 5 nitrogen and oxygen atoms in total. The van der Waals surface area contributed by atoms with Crippen molar-refractivity contribution in [3.63, 3.8) is 0 Å². The number of nitrogens with zero attached hydrogens (tertiary/aromatic N) is 1. The molecular weight excluding hydrogens is 356 g/mol. The molecule has 0 aliphatic carbocycles. The molecule has 0 amide bonds. The third kappa shape index (κ3) is 3.41. The minimum Gasteiger partial charge on any atom is -0.494 e. The molecule has 1 heterocycles. The van der Waals surface area contributed by atoms with Crippen LogP contribution in [0.2, 0.25) is 0 Å². The Bertz CT molecular complexity index is 752. The summed E-state index contributed by atoms with van der Waals surface area (Å²) in [6, 6.07) is 6.96. The fourth-order valence-electron chi connectivity index (χ4n) is 1.94. The van der Waals surface area contributed by atoms with Gasteiger partial charge in [-0.1, -0.05) is 35.0 Å². The van der Waals surface area contributed by atoms with E-state index >= 15 is 0 Å². The van der Waals surface area contributed by atoms with Crippen LogP contribution in [0.1, 0.15) is 6.92 Å². The minimum absolute atomic E-state index is 0.107. The van der Waals surface area contributed by atoms with Crippen LogP contribution in [0, 0.1) is 0 Å². The van der Waals surface area contributed by atoms with Gasteiger partial charge < -0.3 is 5.11 Å². The van der Waals surface area contributed by atoms with Crippen LogP contribution in [0.3, 0.4) is 0 Å². The third-order valence-corrected chi connectivity index (χ3v) is 4.63. The molecule has 0 saturated heterocycles. The molecule has 112 valence electrons. The number of aromatic amines is 1. The van der Waals surface area contributed by atoms with Crippen LogP contribution >= 0.6 is 27.7 Å². The predicted molar refractivity (Wildman–Crippen MR) is 89.1 cm³/mol. The van der Waals surface area contributed by atoms with E-state index < -0.39 is 11.2 Å². The summed E-state index contributed by atoms with van der Waals surface area (Å²) in [5.41, 5.74) is -0.523. The van der Waals surface area contributed by atoms with Gasteiger partial charge in [-0.15, -0.1) is 0 Å². The number of hydrogen-bond acceptors (Lipinski definition) is 4. The van der Waals surface area contributed by atoms with Crippen LogP contribution in [0.25, 0.3) is 11.1 Å². The van der Waals surface area contributed by atoms with Gasteiger partial charge in [-0.25, -0.2) is 4.79 Å². The first-order valence-electron chi connectivity index (χ1n) is 6.29. The van der Waals surface area contributed by atoms with E-state index in [4.69, 9.17) is 0 Å². The Morgan fingerprint density at radius 3 is 2.52 bits per heavy atom. The zero-order valence-corrected chi connectivity index (χ0v) is 14.0. The molecular formula is C14H15BrN2O3S. The van der Waals surface area contributed by atoms with Crippen molar-refractivity contribution in [3.8, 4) is 17.0 Å². The van der Waals surface area contributed by atoms with Crippen molar-refractivity contribution in [1.29, 1.82) is 0 Å². The summed E-state index contributed by atoms with van der Waals surface area (Å²) in [7, 11) is 0. The van der Waals surface area contributed by atoms with Crippen molar-refractivity contribution in [1.82, 2.24) is 9.55 Å². The van der Waals surface area contributed by atoms with E-state index in [-0.39, 0.29) is 16.7 Å². The molecule has 2 aromatic rings. The molecule has 1 aromatic heterocycles. The van der Waals surface area contributed by atoms with Crippen LogP contribution in [-0.4, -0.2) is 26.2 Å². The molecule has 7 heteroatoms. The Hall–Kier alpha value is -1.47. The number of halogens is 1. The Morgan fingerprint density at radius 2 is 1.95 bits per heavy atom. The molecule has 0 aliphatic heterocycles. The van der Waals surface area contributed by atoms with Gasteiger partial charge in [0.25, 0.3) is 5.56 Å². The SMILES string of the molecule is CSC(C)Cn1c(O)c(-c2ccc(Br)cc2)c(=O)[nH]c1=O. The number of thioether (sulfide) groups is 1. The summed E-state index contributed by atoms with van der Waals surface area (Å²) in [5, 5.41) is 10.5. The Kier molecular flexibility index (Phi) is 4.95. The topological polar surface area (TPSA) is 75.1 Å². The summed E-state index contributed by atoms with van der Waals surface area (Å²) in [4.78, 5) is 26.2. The van der Waals surface area contributed by atoms with Gasteiger partial charge in [0.1, 0.15) is 5.56 Å². The van der Waals surface area contributed by atoms with Crippen molar-refractivity contribution < 1.29 is 5.11 Å². The first kappa shape index (κ1) is 15.9. The minimum atomic E-state index is -0.598. The molecule has 0 spiro atoms. The number of H-pyrrole nitrogens is 1. The number of hydrogen-bond donors (Lipinski definition) is 2. The summed E-state index contributed by atoms with van der Waals surface area (Å²) in [5.74, 6) is -0.299. The molecule has 1 atom stereocenters. The Balaban J connectivity index is 2.61. The zero-order valence-electron chi connectivity index (χ0n) is 11.6. The molecule has 2 rings (SSSR count). The largest absolute Gasteiger partial charge is 0.494 e. The number of aromatic nitrogens is 2. The fraction of sp³-hybridized carbons (Fsp3) is 0.286. The van der Waals surface area contributed by atoms with Crippen molar-refractivity contribution in [3.05, 3.63) is 49.6 Å². The summed E-state index contributed by atoms with van der Waals surface area (Å²) in [6.45, 7) is 2.27. The van der Waals surface area contributed by atoms with Crippen molar-refractivity contribution in [2.45, 2.75) is 18.7 Å². The van der Waals surface area contributed by atoms with E-state index in [0.29, 0.717) is 12.1 Å². The number of nitrogens with one attached hydrogen (secondary N) is 1. The first-order valence-corrected chi connectivity index (χ1v) is 8.37. The first-order chi connectivity index (χ1) is 9.93. The number of rotatable bonds is 4. The van der Waals surface area contributed by atoms with Crippen molar-refractivity contribution >= 4 is 27.7 Å². The Morgan fingerprint density at radius 1 is 1.33 bits per heavy atom. The normalized spacial score (nSPS) is 12.3. The second kappa shape index (κ2) is 6.53. The number of benzene rings is 1. The van der Waals surface area contributed by atoms with Gasteiger partial charge >= 0.3 is 5.69 Å². The van der Waals surface area contributed by atoms with Gasteiger partial charge in [0, 0.05) is 16.3 Å². The highest BCUT2D eigenvalue weighted by molar-refractivity contribution is 9.10. The van der Waals surface area contributed by atoms with Gasteiger partial charge in [-0.05, 0) is 24.0 Å². The summed E-state index contributed by atoms with van der Waals surface area (Å²) >= 11 is 4.89. The van der Waals surface area contributed by atoms with E-state index in [2.05, 4.69) is 20.9 Å². The van der Waals surface area contributed by atoms with E-state index in [0.717, 1.165) is 4.47 Å². The molecule has 1 aromatic carbocycles. The maximum atomic E-state index is 12.0. The van der Waals surface area contributed by atoms with Crippen molar-refractivity contribution in [2.24, 2.45) is 0 Å². The highest BCUT2D eigenvalue weighted by Crippen LogP contribution is 2.26. The van der Waals surface area contributed by atoms with E-state index in [1.165, 1.54) is 4.57 Å². The Labute approximate surface area is 134 Å². The maximum Gasteiger partial charge on any atom is 0.331 e. The molecule has 0 radical (unpaired) electrons. The second-order valence-corrected chi connectivity index (χ2v) is 6.81. The second-order valence-electron chi connectivity index (χ2n) is 4.62. The predicted octanol–water partition coefficient (Wildman–Crippen LogP) is 2.42. The van der Waals surface area contributed by atoms with E-state index in [1.54, 1.807) is 36.0 Å². The molecule has 0 bridgehead atoms. The number of aromatic hydroxyl groups is 1. The standard InChI is InChI=1S/C14H15BrN2O3S/c1-8(21-2)7-17-13(19)11(12(18)16-14(17)20)9-3-5-10(15)6-4-9/h3-6,8,19H,7H2,1-2H3,(H,16,18,20). The zero-order chi connectivity index (χ0) is 15.6. The van der Waals surface area contributed by atoms with Crippen LogP contribution in [0.4, 0.5) is 0 Å². The van der Waals surface area contributed by atoms with Gasteiger partial charge in [0.2, 0.25) is 5.88 Å². The summed E-state index contributed by atoms with van der Waals surface area (Å²) < 4.78 is 2.06. The van der Waals surface area contributed by atoms with Crippen molar-refractivity contribution in [2.75, 3.05) is 6.26 Å². The molecule has 0 fully saturated rings. The molecule has 2 N–H and O–H groups in total. The lowest BCUT2D eigenvalue weighted by molar-refractivity contribution is 0.403. The molecule has 0 aliphatic rings. The van der Waals surface area contributed by atoms with Gasteiger partial charge in [-0.3, -0.25) is 14.3 Å². The molecule has 21 heavy (non-hydrogen) atoms.